The monoisotopic (exact) mass is 394 g/mol. The van der Waals surface area contributed by atoms with E-state index in [0.29, 0.717) is 11.1 Å². The number of hydrogen-bond donors (Lipinski definition) is 0. The Morgan fingerprint density at radius 3 is 1.54 bits per heavy atom. The molecule has 0 fully saturated rings. The van der Waals surface area contributed by atoms with Gasteiger partial charge in [0.2, 0.25) is 0 Å². The van der Waals surface area contributed by atoms with Gasteiger partial charge in [0.1, 0.15) is 10.9 Å². The molecule has 1 aromatic rings. The van der Waals surface area contributed by atoms with Crippen LogP contribution >= 0.6 is 23.5 Å². The normalized spacial score (nSPS) is 12.8. The first-order valence-electron chi connectivity index (χ1n) is 8.23. The highest BCUT2D eigenvalue weighted by Crippen LogP contribution is 2.26. The number of rotatable bonds is 10. The van der Waals surface area contributed by atoms with E-state index < -0.39 is 0 Å². The minimum Gasteiger partial charge on any atom is -0.448 e. The van der Waals surface area contributed by atoms with Gasteiger partial charge in [0.25, 0.3) is 0 Å². The fraction of sp³-hybridized carbons (Fsp3) is 0.400. The summed E-state index contributed by atoms with van der Waals surface area (Å²) in [7, 11) is 0. The Labute approximate surface area is 164 Å². The van der Waals surface area contributed by atoms with Crippen LogP contribution in [0.15, 0.2) is 48.6 Å². The van der Waals surface area contributed by atoms with Gasteiger partial charge in [0.15, 0.2) is 0 Å². The molecule has 0 bridgehead atoms. The van der Waals surface area contributed by atoms with Crippen molar-refractivity contribution in [2.24, 2.45) is 0 Å². The molecule has 1 aromatic carbocycles. The van der Waals surface area contributed by atoms with Crippen molar-refractivity contribution in [1.82, 2.24) is 0 Å². The summed E-state index contributed by atoms with van der Waals surface area (Å²) in [6, 6.07) is 8.08. The average Bonchev–Trinajstić information content (AvgIpc) is 2.58. The van der Waals surface area contributed by atoms with Gasteiger partial charge >= 0.3 is 11.9 Å². The summed E-state index contributed by atoms with van der Waals surface area (Å²) in [4.78, 5) is 23.1. The fourth-order valence-electron chi connectivity index (χ4n) is 1.82. The second kappa shape index (κ2) is 11.1. The largest absolute Gasteiger partial charge is 0.448 e. The molecule has 2 atom stereocenters. The third kappa shape index (κ3) is 8.15. The summed E-state index contributed by atoms with van der Waals surface area (Å²) in [6.45, 7) is 14.1. The summed E-state index contributed by atoms with van der Waals surface area (Å²) in [6.07, 6.45) is 0. The molecule has 0 aliphatic carbocycles. The summed E-state index contributed by atoms with van der Waals surface area (Å²) in [5.41, 5.74) is 2.62. The number of carbonyl (C=O) groups is 2. The number of ether oxygens (including phenoxy) is 2. The van der Waals surface area contributed by atoms with Gasteiger partial charge in [0.05, 0.1) is 0 Å². The summed E-state index contributed by atoms with van der Waals surface area (Å²) in [5, 5.41) is 0. The van der Waals surface area contributed by atoms with E-state index >= 15 is 0 Å². The zero-order chi connectivity index (χ0) is 19.7. The Bertz CT molecular complexity index is 613. The molecule has 2 unspecified atom stereocenters. The predicted molar refractivity (Wildman–Crippen MR) is 110 cm³/mol. The van der Waals surface area contributed by atoms with Gasteiger partial charge in [-0.2, -0.15) is 0 Å². The Kier molecular flexibility index (Phi) is 9.59. The number of hydrogen-bond acceptors (Lipinski definition) is 6. The smallest absolute Gasteiger partial charge is 0.334 e. The number of benzene rings is 1. The van der Waals surface area contributed by atoms with E-state index in [-0.39, 0.29) is 22.8 Å². The second-order valence-corrected chi connectivity index (χ2v) is 8.47. The van der Waals surface area contributed by atoms with Crippen LogP contribution in [0.4, 0.5) is 0 Å². The molecule has 0 spiro atoms. The summed E-state index contributed by atoms with van der Waals surface area (Å²) >= 11 is 3.10. The van der Waals surface area contributed by atoms with E-state index in [9.17, 15) is 9.59 Å². The van der Waals surface area contributed by atoms with Crippen LogP contribution in [0.5, 0.6) is 0 Å². The lowest BCUT2D eigenvalue weighted by Crippen LogP contribution is -2.13. The van der Waals surface area contributed by atoms with E-state index in [4.69, 9.17) is 9.47 Å². The molecule has 142 valence electrons. The highest BCUT2D eigenvalue weighted by Gasteiger charge is 2.14. The van der Waals surface area contributed by atoms with Crippen molar-refractivity contribution in [3.05, 3.63) is 59.7 Å². The minimum atomic E-state index is -0.373. The molecule has 1 rings (SSSR count). The van der Waals surface area contributed by atoms with Crippen LogP contribution in [0.1, 0.15) is 38.8 Å². The first kappa shape index (κ1) is 22.4. The van der Waals surface area contributed by atoms with E-state index in [1.165, 1.54) is 11.1 Å². The Morgan fingerprint density at radius 1 is 0.885 bits per heavy atom. The highest BCUT2D eigenvalue weighted by atomic mass is 32.2. The topological polar surface area (TPSA) is 52.6 Å². The third-order valence-electron chi connectivity index (χ3n) is 3.31. The molecule has 0 saturated heterocycles. The van der Waals surface area contributed by atoms with E-state index in [0.717, 1.165) is 11.5 Å². The number of esters is 2. The fourth-order valence-corrected chi connectivity index (χ4v) is 3.53. The Hall–Kier alpha value is -1.66. The lowest BCUT2D eigenvalue weighted by atomic mass is 10.1. The molecule has 6 heteroatoms. The average molecular weight is 395 g/mol. The molecule has 0 saturated carbocycles. The first-order valence-corrected chi connectivity index (χ1v) is 10.3. The zero-order valence-electron chi connectivity index (χ0n) is 15.7. The van der Waals surface area contributed by atoms with E-state index in [1.807, 2.05) is 26.0 Å². The molecule has 0 amide bonds. The first-order chi connectivity index (χ1) is 12.2. The lowest BCUT2D eigenvalue weighted by molar-refractivity contribution is -0.140. The zero-order valence-corrected chi connectivity index (χ0v) is 17.4. The quantitative estimate of drug-likeness (QED) is 0.313. The number of carbonyl (C=O) groups excluding carboxylic acids is 2. The maximum absolute atomic E-state index is 11.6. The van der Waals surface area contributed by atoms with Crippen molar-refractivity contribution in [3.8, 4) is 0 Å². The van der Waals surface area contributed by atoms with Crippen LogP contribution in [-0.2, 0) is 30.6 Å². The molecule has 0 radical (unpaired) electrons. The van der Waals surface area contributed by atoms with Gasteiger partial charge < -0.3 is 9.47 Å². The van der Waals surface area contributed by atoms with E-state index in [1.54, 1.807) is 37.4 Å². The third-order valence-corrected chi connectivity index (χ3v) is 5.40. The predicted octanol–water partition coefficient (Wildman–Crippen LogP) is 5.08. The molecule has 0 heterocycles. The lowest BCUT2D eigenvalue weighted by Gasteiger charge is -2.16. The Morgan fingerprint density at radius 2 is 1.23 bits per heavy atom. The van der Waals surface area contributed by atoms with Crippen LogP contribution in [0.2, 0.25) is 0 Å². The molecule has 0 aromatic heterocycles. The van der Waals surface area contributed by atoms with Crippen molar-refractivity contribution in [1.29, 1.82) is 0 Å². The molecule has 0 aliphatic rings. The second-order valence-electron chi connectivity index (χ2n) is 5.90. The van der Waals surface area contributed by atoms with Crippen molar-refractivity contribution >= 4 is 35.5 Å². The van der Waals surface area contributed by atoms with Crippen LogP contribution in [-0.4, -0.2) is 22.8 Å². The van der Waals surface area contributed by atoms with Gasteiger partial charge in [-0.1, -0.05) is 37.4 Å². The van der Waals surface area contributed by atoms with E-state index in [2.05, 4.69) is 25.3 Å². The molecule has 0 aliphatic heterocycles. The summed E-state index contributed by atoms with van der Waals surface area (Å²) in [5.74, 6) is 0.701. The van der Waals surface area contributed by atoms with Gasteiger partial charge in [-0.05, 0) is 38.8 Å². The molecule has 0 N–H and O–H groups in total. The maximum atomic E-state index is 11.6. The van der Waals surface area contributed by atoms with Gasteiger partial charge in [-0.25, -0.2) is 9.59 Å². The highest BCUT2D eigenvalue weighted by molar-refractivity contribution is 7.99. The maximum Gasteiger partial charge on any atom is 0.334 e. The SMILES string of the molecule is C=C(C)C(=O)OC(C)SCc1ccccc1CSC(C)OC(=O)C(=C)C. The number of thioether (sulfide) groups is 2. The Balaban J connectivity index is 2.56. The minimum absolute atomic E-state index is 0.254. The molecule has 4 nitrogen and oxygen atoms in total. The van der Waals surface area contributed by atoms with Crippen molar-refractivity contribution in [2.75, 3.05) is 0 Å². The van der Waals surface area contributed by atoms with Crippen LogP contribution in [0.3, 0.4) is 0 Å². The van der Waals surface area contributed by atoms with Crippen LogP contribution < -0.4 is 0 Å². The van der Waals surface area contributed by atoms with Gasteiger partial charge in [0, 0.05) is 22.7 Å². The van der Waals surface area contributed by atoms with Crippen molar-refractivity contribution < 1.29 is 19.1 Å². The van der Waals surface area contributed by atoms with Gasteiger partial charge in [-0.3, -0.25) is 0 Å². The van der Waals surface area contributed by atoms with Gasteiger partial charge in [-0.15, -0.1) is 23.5 Å². The molecular formula is C20H26O4S2. The molecular weight excluding hydrogens is 368 g/mol. The van der Waals surface area contributed by atoms with Crippen molar-refractivity contribution in [2.45, 2.75) is 50.1 Å². The summed E-state index contributed by atoms with van der Waals surface area (Å²) < 4.78 is 10.6. The molecule has 26 heavy (non-hydrogen) atoms. The van der Waals surface area contributed by atoms with Crippen LogP contribution in [0.25, 0.3) is 0 Å². The van der Waals surface area contributed by atoms with Crippen LogP contribution in [0, 0.1) is 0 Å². The van der Waals surface area contributed by atoms with Crippen molar-refractivity contribution in [3.63, 3.8) is 0 Å². The standard InChI is InChI=1S/C20H26O4S2/c1-13(2)19(21)23-15(5)25-11-17-9-7-8-10-18(17)12-26-16(6)24-20(22)14(3)4/h7-10,15-16H,1,3,11-12H2,2,4-6H3.